The van der Waals surface area contributed by atoms with Crippen LogP contribution >= 0.6 is 0 Å². The summed E-state index contributed by atoms with van der Waals surface area (Å²) in [6, 6.07) is 5.89. The second-order valence-corrected chi connectivity index (χ2v) is 5.85. The van der Waals surface area contributed by atoms with E-state index in [1.165, 1.54) is 30.2 Å². The highest BCUT2D eigenvalue weighted by molar-refractivity contribution is 5.97. The van der Waals surface area contributed by atoms with Crippen LogP contribution in [0.4, 0.5) is 8.78 Å². The smallest absolute Gasteiger partial charge is 0.387 e. The number of amides is 2. The first-order valence-corrected chi connectivity index (χ1v) is 8.30. The van der Waals surface area contributed by atoms with Crippen LogP contribution in [0.25, 0.3) is 0 Å². The van der Waals surface area contributed by atoms with Gasteiger partial charge in [0.2, 0.25) is 5.91 Å². The molecule has 1 heterocycles. The molecule has 144 valence electrons. The van der Waals surface area contributed by atoms with Crippen LogP contribution in [0.1, 0.15) is 16.8 Å². The van der Waals surface area contributed by atoms with E-state index in [2.05, 4.69) is 4.74 Å². The minimum absolute atomic E-state index is 0.0788. The van der Waals surface area contributed by atoms with E-state index in [-0.39, 0.29) is 36.3 Å². The van der Waals surface area contributed by atoms with Gasteiger partial charge in [-0.2, -0.15) is 8.78 Å². The van der Waals surface area contributed by atoms with Crippen molar-refractivity contribution in [2.24, 2.45) is 5.73 Å². The van der Waals surface area contributed by atoms with Crippen LogP contribution in [0.5, 0.6) is 5.75 Å². The molecule has 0 radical (unpaired) electrons. The normalized spacial score (nSPS) is 15.9. The van der Waals surface area contributed by atoms with E-state index in [1.807, 2.05) is 0 Å². The second kappa shape index (κ2) is 9.44. The van der Waals surface area contributed by atoms with E-state index in [1.54, 1.807) is 11.0 Å². The number of nitrogens with zero attached hydrogens (tertiary/aromatic N) is 2. The molecule has 0 saturated carbocycles. The lowest BCUT2D eigenvalue weighted by atomic mass is 10.1. The number of rotatable bonds is 7. The summed E-state index contributed by atoms with van der Waals surface area (Å²) in [5.41, 5.74) is 5.60. The third-order valence-corrected chi connectivity index (χ3v) is 4.25. The van der Waals surface area contributed by atoms with Crippen molar-refractivity contribution in [3.8, 4) is 5.75 Å². The number of alkyl halides is 2. The highest BCUT2D eigenvalue weighted by atomic mass is 19.3. The zero-order valence-corrected chi connectivity index (χ0v) is 14.6. The number of ether oxygens (including phenoxy) is 2. The minimum atomic E-state index is -3.00. The lowest BCUT2D eigenvalue weighted by Gasteiger charge is -2.35. The minimum Gasteiger partial charge on any atom is -0.434 e. The molecule has 0 aliphatic carbocycles. The molecule has 1 saturated heterocycles. The molecule has 1 aliphatic rings. The zero-order chi connectivity index (χ0) is 19.1. The Hall–Kier alpha value is -2.26. The van der Waals surface area contributed by atoms with Crippen LogP contribution in [0, 0.1) is 0 Å². The molecule has 1 aromatic rings. The Balaban J connectivity index is 1.95. The van der Waals surface area contributed by atoms with Crippen LogP contribution in [-0.4, -0.2) is 74.2 Å². The summed E-state index contributed by atoms with van der Waals surface area (Å²) in [4.78, 5) is 28.0. The van der Waals surface area contributed by atoms with Gasteiger partial charge in [-0.25, -0.2) is 0 Å². The average Bonchev–Trinajstić information content (AvgIpc) is 2.65. The van der Waals surface area contributed by atoms with Crippen molar-refractivity contribution in [3.05, 3.63) is 29.8 Å². The highest BCUT2D eigenvalue weighted by Crippen LogP contribution is 2.22. The third kappa shape index (κ3) is 5.12. The number of piperazine rings is 1. The summed E-state index contributed by atoms with van der Waals surface area (Å²) in [7, 11) is 1.50. The molecule has 1 aromatic carbocycles. The fourth-order valence-electron chi connectivity index (χ4n) is 2.76. The lowest BCUT2D eigenvalue weighted by Crippen LogP contribution is -2.51. The highest BCUT2D eigenvalue weighted by Gasteiger charge is 2.27. The number of hydrogen-bond acceptors (Lipinski definition) is 5. The largest absolute Gasteiger partial charge is 0.434 e. The molecule has 2 rings (SSSR count). The van der Waals surface area contributed by atoms with E-state index in [0.717, 1.165) is 0 Å². The monoisotopic (exact) mass is 371 g/mol. The summed E-state index contributed by atoms with van der Waals surface area (Å²) in [6.45, 7) is -1.40. The number of nitrogens with two attached hydrogens (primary N) is 1. The Bertz CT molecular complexity index is 618. The predicted molar refractivity (Wildman–Crippen MR) is 90.0 cm³/mol. The van der Waals surface area contributed by atoms with Crippen molar-refractivity contribution in [3.63, 3.8) is 0 Å². The van der Waals surface area contributed by atoms with Crippen LogP contribution in [0.2, 0.25) is 0 Å². The molecule has 2 N–H and O–H groups in total. The topological polar surface area (TPSA) is 85.1 Å². The SMILES string of the molecule is COC(CN)CC(=O)N1CCN(C(=O)c2ccccc2OC(F)F)CC1. The van der Waals surface area contributed by atoms with Crippen LogP contribution in [-0.2, 0) is 9.53 Å². The van der Waals surface area contributed by atoms with Gasteiger partial charge in [0.15, 0.2) is 0 Å². The Kier molecular flexibility index (Phi) is 7.28. The van der Waals surface area contributed by atoms with Crippen molar-refractivity contribution < 1.29 is 27.8 Å². The fourth-order valence-corrected chi connectivity index (χ4v) is 2.76. The van der Waals surface area contributed by atoms with E-state index >= 15 is 0 Å². The number of halogens is 2. The first-order chi connectivity index (χ1) is 12.5. The van der Waals surface area contributed by atoms with Gasteiger partial charge in [0.25, 0.3) is 5.91 Å². The van der Waals surface area contributed by atoms with Crippen molar-refractivity contribution in [2.45, 2.75) is 19.1 Å². The molecule has 0 spiro atoms. The molecular weight excluding hydrogens is 348 g/mol. The predicted octanol–water partition coefficient (Wildman–Crippen LogP) is 0.936. The maximum absolute atomic E-state index is 12.6. The summed E-state index contributed by atoms with van der Waals surface area (Å²) in [5.74, 6) is -0.641. The Morgan fingerprint density at radius 2 is 1.77 bits per heavy atom. The zero-order valence-electron chi connectivity index (χ0n) is 14.6. The van der Waals surface area contributed by atoms with Gasteiger partial charge in [0.1, 0.15) is 5.75 Å². The number of carbonyl (C=O) groups is 2. The van der Waals surface area contributed by atoms with E-state index in [0.29, 0.717) is 26.2 Å². The van der Waals surface area contributed by atoms with Gasteiger partial charge in [0, 0.05) is 39.8 Å². The maximum atomic E-state index is 12.6. The molecule has 2 amide bonds. The maximum Gasteiger partial charge on any atom is 0.387 e. The second-order valence-electron chi connectivity index (χ2n) is 5.85. The third-order valence-electron chi connectivity index (χ3n) is 4.25. The van der Waals surface area contributed by atoms with E-state index in [4.69, 9.17) is 10.5 Å². The lowest BCUT2D eigenvalue weighted by molar-refractivity contribution is -0.135. The molecule has 7 nitrogen and oxygen atoms in total. The summed E-state index contributed by atoms with van der Waals surface area (Å²) < 4.78 is 34.5. The molecule has 1 unspecified atom stereocenters. The molecule has 0 aromatic heterocycles. The molecule has 1 aliphatic heterocycles. The first kappa shape index (κ1) is 20.1. The van der Waals surface area contributed by atoms with Crippen molar-refractivity contribution in [1.29, 1.82) is 0 Å². The number of para-hydroxylation sites is 1. The molecule has 26 heavy (non-hydrogen) atoms. The Labute approximate surface area is 150 Å². The standard InChI is InChI=1S/C17H23F2N3O4/c1-25-12(11-20)10-15(23)21-6-8-22(9-7-21)16(24)13-4-2-3-5-14(13)26-17(18)19/h2-5,12,17H,6-11,20H2,1H3. The molecule has 9 heteroatoms. The van der Waals surface area contributed by atoms with Gasteiger partial charge >= 0.3 is 6.61 Å². The average molecular weight is 371 g/mol. The van der Waals surface area contributed by atoms with Gasteiger partial charge in [-0.15, -0.1) is 0 Å². The summed E-state index contributed by atoms with van der Waals surface area (Å²) in [5, 5.41) is 0. The number of carbonyl (C=O) groups excluding carboxylic acids is 2. The molecular formula is C17H23F2N3O4. The van der Waals surface area contributed by atoms with Gasteiger partial charge in [-0.3, -0.25) is 9.59 Å². The molecule has 1 fully saturated rings. The summed E-state index contributed by atoms with van der Waals surface area (Å²) in [6.07, 6.45) is -0.146. The molecule has 0 bridgehead atoms. The number of hydrogen-bond donors (Lipinski definition) is 1. The fraction of sp³-hybridized carbons (Fsp3) is 0.529. The van der Waals surface area contributed by atoms with Crippen LogP contribution in [0.3, 0.4) is 0 Å². The van der Waals surface area contributed by atoms with Crippen LogP contribution in [0.15, 0.2) is 24.3 Å². The van der Waals surface area contributed by atoms with E-state index < -0.39 is 12.5 Å². The van der Waals surface area contributed by atoms with Crippen molar-refractivity contribution >= 4 is 11.8 Å². The van der Waals surface area contributed by atoms with E-state index in [9.17, 15) is 18.4 Å². The van der Waals surface area contributed by atoms with Gasteiger partial charge in [-0.05, 0) is 12.1 Å². The quantitative estimate of drug-likeness (QED) is 0.771. The summed E-state index contributed by atoms with van der Waals surface area (Å²) >= 11 is 0. The van der Waals surface area contributed by atoms with Crippen LogP contribution < -0.4 is 10.5 Å². The first-order valence-electron chi connectivity index (χ1n) is 8.30. The van der Waals surface area contributed by atoms with Gasteiger partial charge in [-0.1, -0.05) is 12.1 Å². The van der Waals surface area contributed by atoms with Crippen molar-refractivity contribution in [1.82, 2.24) is 9.80 Å². The Morgan fingerprint density at radius 3 is 2.35 bits per heavy atom. The molecule has 1 atom stereocenters. The van der Waals surface area contributed by atoms with Gasteiger partial charge < -0.3 is 25.0 Å². The number of methoxy groups -OCH3 is 1. The van der Waals surface area contributed by atoms with Gasteiger partial charge in [0.05, 0.1) is 18.1 Å². The number of benzene rings is 1. The van der Waals surface area contributed by atoms with Crippen molar-refractivity contribution in [2.75, 3.05) is 39.8 Å². The Morgan fingerprint density at radius 1 is 1.15 bits per heavy atom.